The van der Waals surface area contributed by atoms with Crippen LogP contribution in [0.1, 0.15) is 27.7 Å². The third kappa shape index (κ3) is 4.89. The quantitative estimate of drug-likeness (QED) is 0.889. The Balaban J connectivity index is 2.97. The van der Waals surface area contributed by atoms with Crippen molar-refractivity contribution in [2.45, 2.75) is 38.6 Å². The van der Waals surface area contributed by atoms with Crippen LogP contribution >= 0.6 is 15.9 Å². The van der Waals surface area contributed by atoms with E-state index < -0.39 is 9.84 Å². The van der Waals surface area contributed by atoms with Gasteiger partial charge < -0.3 is 5.32 Å². The molecule has 0 saturated carbocycles. The fraction of sp³-hybridized carbons (Fsp3) is 0.571. The maximum Gasteiger partial charge on any atom is 0.179 e. The Hall–Kier alpha value is -0.390. The third-order valence-electron chi connectivity index (χ3n) is 3.05. The molecule has 19 heavy (non-hydrogen) atoms. The van der Waals surface area contributed by atoms with Crippen molar-refractivity contribution in [1.29, 1.82) is 0 Å². The van der Waals surface area contributed by atoms with E-state index in [1.165, 1.54) is 0 Å². The molecule has 0 aliphatic carbocycles. The molecule has 0 bridgehead atoms. The summed E-state index contributed by atoms with van der Waals surface area (Å²) in [5.74, 6) is 0.117. The summed E-state index contributed by atoms with van der Waals surface area (Å²) < 4.78 is 25.7. The second-order valence-electron chi connectivity index (χ2n) is 5.71. The Morgan fingerprint density at radius 3 is 2.16 bits per heavy atom. The van der Waals surface area contributed by atoms with Crippen molar-refractivity contribution in [1.82, 2.24) is 5.32 Å². The molecular weight excluding hydrogens is 326 g/mol. The number of rotatable bonds is 5. The SMILES string of the molecule is CCNC(CS(=O)(=O)c1ccc(Br)cc1)C(C)(C)C. The summed E-state index contributed by atoms with van der Waals surface area (Å²) in [6.45, 7) is 8.91. The molecule has 1 aromatic rings. The lowest BCUT2D eigenvalue weighted by Gasteiger charge is -2.31. The van der Waals surface area contributed by atoms with Gasteiger partial charge in [-0.1, -0.05) is 43.6 Å². The topological polar surface area (TPSA) is 46.2 Å². The van der Waals surface area contributed by atoms with Crippen LogP contribution in [0.25, 0.3) is 0 Å². The predicted octanol–water partition coefficient (Wildman–Crippen LogP) is 3.25. The maximum atomic E-state index is 12.4. The molecule has 1 unspecified atom stereocenters. The summed E-state index contributed by atoms with van der Waals surface area (Å²) >= 11 is 3.31. The number of hydrogen-bond donors (Lipinski definition) is 1. The molecular formula is C14H22BrNO2S. The van der Waals surface area contributed by atoms with E-state index in [-0.39, 0.29) is 17.2 Å². The highest BCUT2D eigenvalue weighted by Gasteiger charge is 2.29. The molecule has 0 spiro atoms. The fourth-order valence-electron chi connectivity index (χ4n) is 1.82. The fourth-order valence-corrected chi connectivity index (χ4v) is 3.88. The maximum absolute atomic E-state index is 12.4. The minimum absolute atomic E-state index is 0.0638. The van der Waals surface area contributed by atoms with Crippen molar-refractivity contribution < 1.29 is 8.42 Å². The number of halogens is 1. The normalized spacial score (nSPS) is 14.4. The smallest absolute Gasteiger partial charge is 0.179 e. The molecule has 5 heteroatoms. The lowest BCUT2D eigenvalue weighted by Crippen LogP contribution is -2.45. The van der Waals surface area contributed by atoms with Gasteiger partial charge in [-0.05, 0) is 36.2 Å². The van der Waals surface area contributed by atoms with Crippen LogP contribution in [0.3, 0.4) is 0 Å². The van der Waals surface area contributed by atoms with Gasteiger partial charge in [-0.3, -0.25) is 0 Å². The summed E-state index contributed by atoms with van der Waals surface area (Å²) in [4.78, 5) is 0.378. The Labute approximate surface area is 124 Å². The molecule has 0 fully saturated rings. The third-order valence-corrected chi connectivity index (χ3v) is 5.35. The Morgan fingerprint density at radius 1 is 1.21 bits per heavy atom. The highest BCUT2D eigenvalue weighted by Crippen LogP contribution is 2.24. The number of sulfone groups is 1. The first kappa shape index (κ1) is 16.7. The van der Waals surface area contributed by atoms with Crippen LogP contribution in [0, 0.1) is 5.41 Å². The van der Waals surface area contributed by atoms with Gasteiger partial charge in [0.1, 0.15) is 0 Å². The van der Waals surface area contributed by atoms with Crippen molar-refractivity contribution in [2.24, 2.45) is 5.41 Å². The van der Waals surface area contributed by atoms with E-state index in [1.807, 2.05) is 6.92 Å². The minimum atomic E-state index is -3.26. The van der Waals surface area contributed by atoms with Gasteiger partial charge in [-0.15, -0.1) is 0 Å². The molecule has 0 aliphatic rings. The number of benzene rings is 1. The van der Waals surface area contributed by atoms with Crippen LogP contribution < -0.4 is 5.32 Å². The number of hydrogen-bond acceptors (Lipinski definition) is 3. The molecule has 3 nitrogen and oxygen atoms in total. The van der Waals surface area contributed by atoms with Crippen LogP contribution in [-0.2, 0) is 9.84 Å². The Morgan fingerprint density at radius 2 is 1.74 bits per heavy atom. The predicted molar refractivity (Wildman–Crippen MR) is 83.1 cm³/mol. The molecule has 1 rings (SSSR count). The van der Waals surface area contributed by atoms with Gasteiger partial charge in [0.05, 0.1) is 10.6 Å². The second-order valence-corrected chi connectivity index (χ2v) is 8.66. The standard InChI is InChI=1S/C14H22BrNO2S/c1-5-16-13(14(2,3)4)10-19(17,18)12-8-6-11(15)7-9-12/h6-9,13,16H,5,10H2,1-4H3. The largest absolute Gasteiger partial charge is 0.313 e. The zero-order chi connectivity index (χ0) is 14.7. The van der Waals surface area contributed by atoms with Gasteiger partial charge in [0, 0.05) is 10.5 Å². The van der Waals surface area contributed by atoms with Crippen LogP contribution in [0.5, 0.6) is 0 Å². The van der Waals surface area contributed by atoms with Crippen LogP contribution in [0.4, 0.5) is 0 Å². The van der Waals surface area contributed by atoms with Gasteiger partial charge in [-0.25, -0.2) is 8.42 Å². The van der Waals surface area contributed by atoms with E-state index >= 15 is 0 Å². The van der Waals surface area contributed by atoms with Crippen molar-refractivity contribution in [3.63, 3.8) is 0 Å². The molecule has 108 valence electrons. The first-order valence-corrected chi connectivity index (χ1v) is 8.83. The summed E-state index contributed by atoms with van der Waals surface area (Å²) in [6.07, 6.45) is 0. The summed E-state index contributed by atoms with van der Waals surface area (Å²) in [5, 5.41) is 3.27. The molecule has 0 heterocycles. The molecule has 0 saturated heterocycles. The van der Waals surface area contributed by atoms with Crippen molar-refractivity contribution >= 4 is 25.8 Å². The van der Waals surface area contributed by atoms with Gasteiger partial charge in [-0.2, -0.15) is 0 Å². The van der Waals surface area contributed by atoms with E-state index in [0.717, 1.165) is 11.0 Å². The molecule has 1 aromatic carbocycles. The summed E-state index contributed by atoms with van der Waals surface area (Å²) in [5.41, 5.74) is -0.0988. The Bertz CT molecular complexity index is 503. The van der Waals surface area contributed by atoms with Crippen molar-refractivity contribution in [3.05, 3.63) is 28.7 Å². The molecule has 0 amide bonds. The van der Waals surface area contributed by atoms with Crippen LogP contribution in [-0.4, -0.2) is 26.8 Å². The van der Waals surface area contributed by atoms with Crippen molar-refractivity contribution in [3.8, 4) is 0 Å². The summed E-state index contributed by atoms with van der Waals surface area (Å²) in [7, 11) is -3.26. The minimum Gasteiger partial charge on any atom is -0.313 e. The molecule has 0 radical (unpaired) electrons. The highest BCUT2D eigenvalue weighted by atomic mass is 79.9. The Kier molecular flexibility index (Phi) is 5.59. The van der Waals surface area contributed by atoms with Crippen LogP contribution in [0.2, 0.25) is 0 Å². The first-order valence-electron chi connectivity index (χ1n) is 6.38. The van der Waals surface area contributed by atoms with E-state index in [2.05, 4.69) is 42.0 Å². The zero-order valence-corrected chi connectivity index (χ0v) is 14.3. The van der Waals surface area contributed by atoms with E-state index in [4.69, 9.17) is 0 Å². The van der Waals surface area contributed by atoms with Gasteiger partial charge in [0.15, 0.2) is 9.84 Å². The summed E-state index contributed by atoms with van der Waals surface area (Å²) in [6, 6.07) is 6.74. The molecule has 0 aromatic heterocycles. The lowest BCUT2D eigenvalue weighted by molar-refractivity contribution is 0.292. The average Bonchev–Trinajstić information content (AvgIpc) is 2.27. The first-order chi connectivity index (χ1) is 8.66. The van der Waals surface area contributed by atoms with Gasteiger partial charge in [0.25, 0.3) is 0 Å². The monoisotopic (exact) mass is 347 g/mol. The van der Waals surface area contributed by atoms with E-state index in [9.17, 15) is 8.42 Å². The van der Waals surface area contributed by atoms with Gasteiger partial charge in [0.2, 0.25) is 0 Å². The van der Waals surface area contributed by atoms with Gasteiger partial charge >= 0.3 is 0 Å². The zero-order valence-electron chi connectivity index (χ0n) is 11.9. The number of nitrogens with one attached hydrogen (secondary N) is 1. The highest BCUT2D eigenvalue weighted by molar-refractivity contribution is 9.10. The molecule has 1 atom stereocenters. The van der Waals surface area contributed by atoms with E-state index in [0.29, 0.717) is 4.90 Å². The van der Waals surface area contributed by atoms with E-state index in [1.54, 1.807) is 24.3 Å². The molecule has 0 aliphatic heterocycles. The van der Waals surface area contributed by atoms with Crippen molar-refractivity contribution in [2.75, 3.05) is 12.3 Å². The second kappa shape index (κ2) is 6.37. The average molecular weight is 348 g/mol. The molecule has 1 N–H and O–H groups in total. The van der Waals surface area contributed by atoms with Crippen LogP contribution in [0.15, 0.2) is 33.6 Å². The lowest BCUT2D eigenvalue weighted by atomic mass is 9.88.